The van der Waals surface area contributed by atoms with E-state index in [1.807, 2.05) is 108 Å². The molecule has 0 atom stereocenters. The standard InChI is InChI=1S/C46H42F2N6O4/c1-32(55)52-22-24-53(25-23-52)45-49-28-36(29-50-45)34-19-20-40-41(27-34)54(51(2)43(40)56)30-35-26-33(18-21-42(35)58-44(47)48)31-57-46(37-12-6-3-7-13-37,38-14-8-4-9-15-38)39-16-10-5-11-17-39/h3-21,26-29,44H,22-25,30-31H2,1-2H3. The lowest BCUT2D eigenvalue weighted by Crippen LogP contribution is -2.48. The number of aromatic nitrogens is 4. The summed E-state index contributed by atoms with van der Waals surface area (Å²) in [5.74, 6) is 0.629. The van der Waals surface area contributed by atoms with E-state index in [4.69, 9.17) is 9.47 Å². The third kappa shape index (κ3) is 7.58. The van der Waals surface area contributed by atoms with Crippen LogP contribution < -0.4 is 15.2 Å². The van der Waals surface area contributed by atoms with Gasteiger partial charge >= 0.3 is 6.61 Å². The number of hydrogen-bond donors (Lipinski definition) is 0. The average molecular weight is 781 g/mol. The van der Waals surface area contributed by atoms with Gasteiger partial charge in [-0.05, 0) is 52.1 Å². The van der Waals surface area contributed by atoms with Gasteiger partial charge in [-0.1, -0.05) is 103 Å². The first-order valence-corrected chi connectivity index (χ1v) is 19.1. The van der Waals surface area contributed by atoms with Gasteiger partial charge in [0.1, 0.15) is 11.4 Å². The predicted molar refractivity (Wildman–Crippen MR) is 219 cm³/mol. The zero-order chi connectivity index (χ0) is 40.2. The molecule has 1 aliphatic rings. The molecule has 3 heterocycles. The molecular formula is C46H42F2N6O4. The maximum atomic E-state index is 13.8. The number of anilines is 1. The van der Waals surface area contributed by atoms with Crippen molar-refractivity contribution in [2.24, 2.45) is 7.05 Å². The molecular weight excluding hydrogens is 739 g/mol. The second-order valence-corrected chi connectivity index (χ2v) is 14.3. The number of alkyl halides is 2. The van der Waals surface area contributed by atoms with Crippen LogP contribution in [0.25, 0.3) is 22.0 Å². The third-order valence-electron chi connectivity index (χ3n) is 10.8. The Morgan fingerprint density at radius 1 is 0.759 bits per heavy atom. The number of amides is 1. The largest absolute Gasteiger partial charge is 0.434 e. The Morgan fingerprint density at radius 2 is 1.34 bits per heavy atom. The summed E-state index contributed by atoms with van der Waals surface area (Å²) in [4.78, 5) is 38.4. The van der Waals surface area contributed by atoms with Crippen LogP contribution in [-0.2, 0) is 35.3 Å². The third-order valence-corrected chi connectivity index (χ3v) is 10.8. The second-order valence-electron chi connectivity index (χ2n) is 14.3. The molecule has 1 saturated heterocycles. The van der Waals surface area contributed by atoms with Crippen LogP contribution in [0.5, 0.6) is 5.75 Å². The molecule has 1 aliphatic heterocycles. The van der Waals surface area contributed by atoms with E-state index in [0.717, 1.165) is 33.4 Å². The summed E-state index contributed by atoms with van der Waals surface area (Å²) < 4.78 is 43.0. The quantitative estimate of drug-likeness (QED) is 0.118. The first kappa shape index (κ1) is 38.2. The van der Waals surface area contributed by atoms with Gasteiger partial charge in [0.15, 0.2) is 0 Å². The number of halogens is 2. The number of rotatable bonds is 12. The van der Waals surface area contributed by atoms with E-state index in [0.29, 0.717) is 48.6 Å². The number of carbonyl (C=O) groups excluding carboxylic acids is 1. The molecule has 0 aliphatic carbocycles. The Labute approximate surface area is 334 Å². The number of nitrogens with zero attached hydrogens (tertiary/aromatic N) is 6. The molecule has 7 aromatic rings. The highest BCUT2D eigenvalue weighted by Gasteiger charge is 2.37. The predicted octanol–water partition coefficient (Wildman–Crippen LogP) is 7.62. The first-order valence-electron chi connectivity index (χ1n) is 19.1. The molecule has 12 heteroatoms. The fraction of sp³-hybridized carbons (Fsp3) is 0.217. The Kier molecular flexibility index (Phi) is 10.8. The SMILES string of the molecule is CC(=O)N1CCN(c2ncc(-c3ccc4c(=O)n(C)n(Cc5cc(COC(c6ccccc6)(c6ccccc6)c6ccccc6)ccc5OC(F)F)c4c3)cn2)CC1. The fourth-order valence-electron chi connectivity index (χ4n) is 7.78. The molecule has 5 aromatic carbocycles. The maximum absolute atomic E-state index is 13.8. The lowest BCUT2D eigenvalue weighted by molar-refractivity contribution is -0.129. The monoisotopic (exact) mass is 780 g/mol. The zero-order valence-electron chi connectivity index (χ0n) is 32.2. The average Bonchev–Trinajstić information content (AvgIpc) is 3.49. The van der Waals surface area contributed by atoms with Crippen LogP contribution in [0.2, 0.25) is 0 Å². The van der Waals surface area contributed by atoms with Gasteiger partial charge in [0, 0.05) is 63.7 Å². The number of hydrogen-bond acceptors (Lipinski definition) is 7. The normalized spacial score (nSPS) is 13.3. The van der Waals surface area contributed by atoms with Crippen LogP contribution in [0, 0.1) is 0 Å². The van der Waals surface area contributed by atoms with Gasteiger partial charge in [-0.2, -0.15) is 8.78 Å². The van der Waals surface area contributed by atoms with E-state index >= 15 is 0 Å². The zero-order valence-corrected chi connectivity index (χ0v) is 32.2. The number of ether oxygens (including phenoxy) is 2. The summed E-state index contributed by atoms with van der Waals surface area (Å²) in [5.41, 5.74) is 4.88. The lowest BCUT2D eigenvalue weighted by Gasteiger charge is -2.36. The topological polar surface area (TPSA) is 94.7 Å². The lowest BCUT2D eigenvalue weighted by atomic mass is 9.80. The summed E-state index contributed by atoms with van der Waals surface area (Å²) in [6, 6.07) is 40.5. The molecule has 0 N–H and O–H groups in total. The Morgan fingerprint density at radius 3 is 1.90 bits per heavy atom. The first-order chi connectivity index (χ1) is 28.2. The maximum Gasteiger partial charge on any atom is 0.387 e. The number of carbonyl (C=O) groups is 1. The minimum absolute atomic E-state index is 0.00206. The highest BCUT2D eigenvalue weighted by Crippen LogP contribution is 2.41. The fourth-order valence-corrected chi connectivity index (χ4v) is 7.78. The summed E-state index contributed by atoms with van der Waals surface area (Å²) in [5, 5.41) is 0.473. The van der Waals surface area contributed by atoms with Gasteiger partial charge in [-0.25, -0.2) is 9.97 Å². The van der Waals surface area contributed by atoms with Crippen LogP contribution in [-0.4, -0.2) is 62.9 Å². The van der Waals surface area contributed by atoms with Crippen molar-refractivity contribution in [1.29, 1.82) is 0 Å². The van der Waals surface area contributed by atoms with Gasteiger partial charge in [0.05, 0.1) is 24.1 Å². The van der Waals surface area contributed by atoms with E-state index in [-0.39, 0.29) is 30.4 Å². The minimum Gasteiger partial charge on any atom is -0.434 e. The van der Waals surface area contributed by atoms with Crippen LogP contribution >= 0.6 is 0 Å². The van der Waals surface area contributed by atoms with Gasteiger partial charge in [-0.15, -0.1) is 0 Å². The molecule has 294 valence electrons. The van der Waals surface area contributed by atoms with E-state index in [1.165, 1.54) is 10.7 Å². The van der Waals surface area contributed by atoms with Crippen molar-refractivity contribution in [2.75, 3.05) is 31.1 Å². The Balaban J connectivity index is 1.12. The molecule has 58 heavy (non-hydrogen) atoms. The van der Waals surface area contributed by atoms with Gasteiger partial charge in [-0.3, -0.25) is 19.0 Å². The van der Waals surface area contributed by atoms with E-state index < -0.39 is 12.2 Å². The van der Waals surface area contributed by atoms with Crippen molar-refractivity contribution in [1.82, 2.24) is 24.2 Å². The smallest absolute Gasteiger partial charge is 0.387 e. The highest BCUT2D eigenvalue weighted by atomic mass is 19.3. The number of piperazine rings is 1. The summed E-state index contributed by atoms with van der Waals surface area (Å²) in [6.07, 6.45) is 3.48. The minimum atomic E-state index is -3.06. The highest BCUT2D eigenvalue weighted by molar-refractivity contribution is 5.84. The molecule has 0 spiro atoms. The van der Waals surface area contributed by atoms with E-state index in [1.54, 1.807) is 54.1 Å². The van der Waals surface area contributed by atoms with E-state index in [9.17, 15) is 18.4 Å². The second kappa shape index (κ2) is 16.4. The van der Waals surface area contributed by atoms with Crippen molar-refractivity contribution in [3.05, 3.63) is 178 Å². The van der Waals surface area contributed by atoms with Crippen LogP contribution in [0.4, 0.5) is 14.7 Å². The molecule has 0 saturated carbocycles. The van der Waals surface area contributed by atoms with Gasteiger partial charge in [0.2, 0.25) is 11.9 Å². The van der Waals surface area contributed by atoms with Crippen LogP contribution in [0.15, 0.2) is 145 Å². The van der Waals surface area contributed by atoms with Crippen LogP contribution in [0.1, 0.15) is 34.7 Å². The molecule has 10 nitrogen and oxygen atoms in total. The molecule has 1 amide bonds. The Hall–Kier alpha value is -6.66. The molecule has 2 aromatic heterocycles. The van der Waals surface area contributed by atoms with Crippen molar-refractivity contribution < 1.29 is 23.0 Å². The molecule has 0 radical (unpaired) electrons. The van der Waals surface area contributed by atoms with Crippen molar-refractivity contribution >= 4 is 22.8 Å². The van der Waals surface area contributed by atoms with Crippen LogP contribution in [0.3, 0.4) is 0 Å². The van der Waals surface area contributed by atoms with E-state index in [2.05, 4.69) is 9.97 Å². The Bertz CT molecular complexity index is 2480. The van der Waals surface area contributed by atoms with Crippen molar-refractivity contribution in [3.8, 4) is 16.9 Å². The van der Waals surface area contributed by atoms with Crippen molar-refractivity contribution in [3.63, 3.8) is 0 Å². The summed E-state index contributed by atoms with van der Waals surface area (Å²) >= 11 is 0. The number of fused-ring (bicyclic) bond motifs is 1. The molecule has 1 fully saturated rings. The van der Waals surface area contributed by atoms with Gasteiger partial charge in [0.25, 0.3) is 5.56 Å². The van der Waals surface area contributed by atoms with Crippen molar-refractivity contribution in [2.45, 2.75) is 32.3 Å². The molecule has 8 rings (SSSR count). The summed E-state index contributed by atoms with van der Waals surface area (Å²) in [6.45, 7) is 1.19. The van der Waals surface area contributed by atoms with Gasteiger partial charge < -0.3 is 19.3 Å². The molecule has 0 unspecified atom stereocenters. The molecule has 0 bridgehead atoms. The summed E-state index contributed by atoms with van der Waals surface area (Å²) in [7, 11) is 1.65. The number of benzene rings is 5.